The molecular weight excluding hydrogens is 270 g/mol. The number of hydrogen-bond donors (Lipinski definition) is 1. The van der Waals surface area contributed by atoms with Gasteiger partial charge in [-0.2, -0.15) is 0 Å². The molecule has 0 fully saturated rings. The van der Waals surface area contributed by atoms with E-state index in [0.717, 1.165) is 5.56 Å². The smallest absolute Gasteiger partial charge is 0.263 e. The zero-order valence-corrected chi connectivity index (χ0v) is 12.0. The predicted molar refractivity (Wildman–Crippen MR) is 79.5 cm³/mol. The molecule has 0 aliphatic carbocycles. The number of ether oxygens (including phenoxy) is 1. The largest absolute Gasteiger partial charge is 0.383 e. The lowest BCUT2D eigenvalue weighted by Gasteiger charge is -2.09. The topological polar surface area (TPSA) is 73.2 Å². The van der Waals surface area contributed by atoms with Crippen LogP contribution in [0.4, 0.5) is 5.69 Å². The van der Waals surface area contributed by atoms with Crippen LogP contribution in [0.25, 0.3) is 0 Å². The molecule has 0 unspecified atom stereocenters. The minimum Gasteiger partial charge on any atom is -0.383 e. The second-order valence-electron chi connectivity index (χ2n) is 4.56. The first-order valence-electron chi connectivity index (χ1n) is 6.54. The summed E-state index contributed by atoms with van der Waals surface area (Å²) >= 11 is 0. The van der Waals surface area contributed by atoms with Gasteiger partial charge in [-0.3, -0.25) is 14.6 Å². The number of aromatic nitrogens is 2. The molecule has 0 aromatic carbocycles. The summed E-state index contributed by atoms with van der Waals surface area (Å²) in [6, 6.07) is 4.88. The number of hydrogen-bond acceptors (Lipinski definition) is 4. The zero-order valence-electron chi connectivity index (χ0n) is 12.0. The van der Waals surface area contributed by atoms with E-state index in [0.29, 0.717) is 18.8 Å². The molecule has 0 saturated carbocycles. The average molecular weight is 287 g/mol. The molecule has 2 aromatic heterocycles. The van der Waals surface area contributed by atoms with E-state index < -0.39 is 5.91 Å². The van der Waals surface area contributed by atoms with Gasteiger partial charge in [0.15, 0.2) is 0 Å². The van der Waals surface area contributed by atoms with E-state index in [-0.39, 0.29) is 11.1 Å². The van der Waals surface area contributed by atoms with Crippen LogP contribution in [0.1, 0.15) is 15.9 Å². The molecule has 0 atom stereocenters. The fourth-order valence-corrected chi connectivity index (χ4v) is 1.88. The van der Waals surface area contributed by atoms with Gasteiger partial charge in [0.05, 0.1) is 6.61 Å². The Hall–Kier alpha value is -2.47. The average Bonchev–Trinajstić information content (AvgIpc) is 2.48. The second-order valence-corrected chi connectivity index (χ2v) is 4.56. The highest BCUT2D eigenvalue weighted by Gasteiger charge is 2.13. The fourth-order valence-electron chi connectivity index (χ4n) is 1.88. The van der Waals surface area contributed by atoms with Gasteiger partial charge in [0, 0.05) is 37.9 Å². The van der Waals surface area contributed by atoms with Crippen LogP contribution >= 0.6 is 0 Å². The third-order valence-corrected chi connectivity index (χ3v) is 3.07. The molecular formula is C15H17N3O3. The van der Waals surface area contributed by atoms with Gasteiger partial charge in [0.1, 0.15) is 5.56 Å². The molecule has 0 saturated heterocycles. The number of carbonyl (C=O) groups excluding carboxylic acids is 1. The fraction of sp³-hybridized carbons (Fsp3) is 0.267. The van der Waals surface area contributed by atoms with Crippen molar-refractivity contribution in [3.05, 3.63) is 58.3 Å². The summed E-state index contributed by atoms with van der Waals surface area (Å²) in [5, 5.41) is 2.73. The SMILES string of the molecule is COCCn1cccc(C(=O)Nc2ccncc2C)c1=O. The Labute approximate surface area is 122 Å². The molecule has 1 amide bonds. The van der Waals surface area contributed by atoms with Crippen LogP contribution in [0.15, 0.2) is 41.6 Å². The maximum absolute atomic E-state index is 12.2. The lowest BCUT2D eigenvalue weighted by atomic mass is 10.2. The molecule has 21 heavy (non-hydrogen) atoms. The minimum atomic E-state index is -0.430. The van der Waals surface area contributed by atoms with Crippen molar-refractivity contribution in [1.82, 2.24) is 9.55 Å². The van der Waals surface area contributed by atoms with Crippen molar-refractivity contribution >= 4 is 11.6 Å². The number of pyridine rings is 2. The zero-order chi connectivity index (χ0) is 15.2. The quantitative estimate of drug-likeness (QED) is 0.903. The Morgan fingerprint density at radius 3 is 2.95 bits per heavy atom. The van der Waals surface area contributed by atoms with Gasteiger partial charge in [-0.25, -0.2) is 0 Å². The Kier molecular flexibility index (Phi) is 4.84. The molecule has 0 aliphatic rings. The Morgan fingerprint density at radius 2 is 2.24 bits per heavy atom. The standard InChI is InChI=1S/C15H17N3O3/c1-11-10-16-6-5-13(11)17-14(19)12-4-3-7-18(15(12)20)8-9-21-2/h3-7,10H,8-9H2,1-2H3,(H,16,17,19). The van der Waals surface area contributed by atoms with Crippen LogP contribution in [-0.2, 0) is 11.3 Å². The van der Waals surface area contributed by atoms with E-state index in [9.17, 15) is 9.59 Å². The van der Waals surface area contributed by atoms with Gasteiger partial charge in [0.2, 0.25) is 0 Å². The number of carbonyl (C=O) groups is 1. The van der Waals surface area contributed by atoms with Crippen molar-refractivity contribution in [2.75, 3.05) is 19.0 Å². The molecule has 6 heteroatoms. The van der Waals surface area contributed by atoms with E-state index in [2.05, 4.69) is 10.3 Å². The third-order valence-electron chi connectivity index (χ3n) is 3.07. The Bertz CT molecular complexity index is 695. The second kappa shape index (κ2) is 6.81. The molecule has 0 spiro atoms. The van der Waals surface area contributed by atoms with Gasteiger partial charge in [-0.05, 0) is 30.7 Å². The number of amides is 1. The summed E-state index contributed by atoms with van der Waals surface area (Å²) < 4.78 is 6.40. The summed E-state index contributed by atoms with van der Waals surface area (Å²) in [5.41, 5.74) is 1.24. The van der Waals surface area contributed by atoms with Gasteiger partial charge >= 0.3 is 0 Å². The summed E-state index contributed by atoms with van der Waals surface area (Å²) in [6.07, 6.45) is 4.87. The van der Waals surface area contributed by atoms with Crippen LogP contribution in [-0.4, -0.2) is 29.2 Å². The van der Waals surface area contributed by atoms with Gasteiger partial charge in [0.25, 0.3) is 11.5 Å². The molecule has 2 heterocycles. The molecule has 0 bridgehead atoms. The molecule has 0 radical (unpaired) electrons. The summed E-state index contributed by atoms with van der Waals surface area (Å²) in [5.74, 6) is -0.430. The maximum atomic E-state index is 12.2. The first kappa shape index (κ1) is 14.9. The highest BCUT2D eigenvalue weighted by Crippen LogP contribution is 2.12. The molecule has 0 aliphatic heterocycles. The van der Waals surface area contributed by atoms with E-state index in [4.69, 9.17) is 4.74 Å². The minimum absolute atomic E-state index is 0.102. The lowest BCUT2D eigenvalue weighted by Crippen LogP contribution is -2.29. The van der Waals surface area contributed by atoms with E-state index in [1.165, 1.54) is 10.6 Å². The number of rotatable bonds is 5. The van der Waals surface area contributed by atoms with Crippen LogP contribution < -0.4 is 10.9 Å². The molecule has 2 aromatic rings. The maximum Gasteiger partial charge on any atom is 0.263 e. The van der Waals surface area contributed by atoms with E-state index >= 15 is 0 Å². The van der Waals surface area contributed by atoms with Crippen LogP contribution in [0.2, 0.25) is 0 Å². The van der Waals surface area contributed by atoms with Gasteiger partial charge in [-0.1, -0.05) is 0 Å². The lowest BCUT2D eigenvalue weighted by molar-refractivity contribution is 0.102. The molecule has 2 rings (SSSR count). The van der Waals surface area contributed by atoms with Gasteiger partial charge < -0.3 is 14.6 Å². The number of nitrogens with one attached hydrogen (secondary N) is 1. The van der Waals surface area contributed by atoms with Gasteiger partial charge in [-0.15, -0.1) is 0 Å². The highest BCUT2D eigenvalue weighted by atomic mass is 16.5. The van der Waals surface area contributed by atoms with E-state index in [1.54, 1.807) is 37.8 Å². The summed E-state index contributed by atoms with van der Waals surface area (Å²) in [6.45, 7) is 2.66. The van der Waals surface area contributed by atoms with Crippen molar-refractivity contribution < 1.29 is 9.53 Å². The number of nitrogens with zero attached hydrogens (tertiary/aromatic N) is 2. The Morgan fingerprint density at radius 1 is 1.43 bits per heavy atom. The predicted octanol–water partition coefficient (Wildman–Crippen LogP) is 1.45. The Balaban J connectivity index is 2.24. The monoisotopic (exact) mass is 287 g/mol. The normalized spacial score (nSPS) is 10.4. The number of anilines is 1. The first-order chi connectivity index (χ1) is 10.1. The van der Waals surface area contributed by atoms with Crippen molar-refractivity contribution in [2.24, 2.45) is 0 Å². The highest BCUT2D eigenvalue weighted by molar-refractivity contribution is 6.04. The third kappa shape index (κ3) is 3.55. The number of methoxy groups -OCH3 is 1. The summed E-state index contributed by atoms with van der Waals surface area (Å²) in [4.78, 5) is 28.4. The van der Waals surface area contributed by atoms with Crippen molar-refractivity contribution in [2.45, 2.75) is 13.5 Å². The van der Waals surface area contributed by atoms with E-state index in [1.807, 2.05) is 6.92 Å². The van der Waals surface area contributed by atoms with Crippen molar-refractivity contribution in [3.8, 4) is 0 Å². The molecule has 1 N–H and O–H groups in total. The first-order valence-corrected chi connectivity index (χ1v) is 6.54. The van der Waals surface area contributed by atoms with Crippen LogP contribution in [0, 0.1) is 6.92 Å². The van der Waals surface area contributed by atoms with Crippen molar-refractivity contribution in [3.63, 3.8) is 0 Å². The van der Waals surface area contributed by atoms with Crippen molar-refractivity contribution in [1.29, 1.82) is 0 Å². The van der Waals surface area contributed by atoms with Crippen LogP contribution in [0.5, 0.6) is 0 Å². The molecule has 110 valence electrons. The summed E-state index contributed by atoms with van der Waals surface area (Å²) in [7, 11) is 1.56. The number of aryl methyl sites for hydroxylation is 1. The van der Waals surface area contributed by atoms with Crippen LogP contribution in [0.3, 0.4) is 0 Å². The molecule has 6 nitrogen and oxygen atoms in total.